The van der Waals surface area contributed by atoms with Crippen molar-refractivity contribution < 1.29 is 0 Å². The van der Waals surface area contributed by atoms with Crippen LogP contribution in [0.5, 0.6) is 0 Å². The highest BCUT2D eigenvalue weighted by atomic mass is 32.2. The van der Waals surface area contributed by atoms with Crippen LogP contribution in [-0.4, -0.2) is 15.0 Å². The summed E-state index contributed by atoms with van der Waals surface area (Å²) in [7, 11) is 0. The Labute approximate surface area is 156 Å². The summed E-state index contributed by atoms with van der Waals surface area (Å²) < 4.78 is 0. The van der Waals surface area contributed by atoms with Gasteiger partial charge in [0.15, 0.2) is 5.16 Å². The van der Waals surface area contributed by atoms with Crippen molar-refractivity contribution in [3.63, 3.8) is 0 Å². The van der Waals surface area contributed by atoms with E-state index in [2.05, 4.69) is 15.0 Å². The molecule has 0 bridgehead atoms. The molecule has 1 aromatic heterocycles. The zero-order chi connectivity index (χ0) is 17.6. The van der Waals surface area contributed by atoms with E-state index >= 15 is 0 Å². The van der Waals surface area contributed by atoms with Crippen molar-refractivity contribution in [2.45, 2.75) is 10.1 Å². The second kappa shape index (κ2) is 7.80. The minimum absolute atomic E-state index is 0.593. The van der Waals surface area contributed by atoms with Gasteiger partial charge in [-0.25, -0.2) is 9.97 Å². The minimum atomic E-state index is 0.593. The first-order valence-electron chi connectivity index (χ1n) is 8.22. The number of nitrogens with zero attached hydrogens (tertiary/aromatic N) is 4. The van der Waals surface area contributed by atoms with Crippen molar-refractivity contribution in [2.24, 2.45) is 0 Å². The van der Waals surface area contributed by atoms with Crippen LogP contribution in [0, 0.1) is 0 Å². The van der Waals surface area contributed by atoms with E-state index in [9.17, 15) is 0 Å². The van der Waals surface area contributed by atoms with Crippen LogP contribution in [0.1, 0.15) is 0 Å². The van der Waals surface area contributed by atoms with Crippen LogP contribution < -0.4 is 4.90 Å². The molecule has 4 nitrogen and oxygen atoms in total. The normalized spacial score (nSPS) is 10.5. The van der Waals surface area contributed by atoms with E-state index < -0.39 is 0 Å². The van der Waals surface area contributed by atoms with Crippen LogP contribution in [0.4, 0.5) is 17.3 Å². The molecule has 0 radical (unpaired) electrons. The third-order valence-electron chi connectivity index (χ3n) is 3.72. The molecule has 126 valence electrons. The molecule has 0 unspecified atom stereocenters. The Balaban J connectivity index is 1.73. The average molecular weight is 356 g/mol. The summed E-state index contributed by atoms with van der Waals surface area (Å²) in [5, 5.41) is 0.665. The third-order valence-corrected chi connectivity index (χ3v) is 4.61. The van der Waals surface area contributed by atoms with Gasteiger partial charge in [-0.05, 0) is 48.2 Å². The zero-order valence-electron chi connectivity index (χ0n) is 13.9. The summed E-state index contributed by atoms with van der Waals surface area (Å²) in [6.45, 7) is 0. The van der Waals surface area contributed by atoms with Gasteiger partial charge >= 0.3 is 0 Å². The van der Waals surface area contributed by atoms with Gasteiger partial charge < -0.3 is 0 Å². The number of aromatic nitrogens is 3. The maximum absolute atomic E-state index is 4.69. The van der Waals surface area contributed by atoms with Crippen LogP contribution in [0.25, 0.3) is 0 Å². The van der Waals surface area contributed by atoms with Crippen LogP contribution in [0.2, 0.25) is 0 Å². The SMILES string of the molecule is c1ccc(Sc2ncnc(N(c3ccccc3)c3ccccc3)n2)cc1. The largest absolute Gasteiger partial charge is 0.279 e. The van der Waals surface area contributed by atoms with Crippen molar-refractivity contribution in [1.82, 2.24) is 15.0 Å². The smallest absolute Gasteiger partial charge is 0.238 e. The van der Waals surface area contributed by atoms with Gasteiger partial charge in [-0.2, -0.15) is 4.98 Å². The fourth-order valence-corrected chi connectivity index (χ4v) is 3.29. The van der Waals surface area contributed by atoms with E-state index in [1.165, 1.54) is 11.8 Å². The van der Waals surface area contributed by atoms with Crippen molar-refractivity contribution in [1.29, 1.82) is 0 Å². The summed E-state index contributed by atoms with van der Waals surface area (Å²) in [4.78, 5) is 16.5. The summed E-state index contributed by atoms with van der Waals surface area (Å²) >= 11 is 1.52. The second-order valence-electron chi connectivity index (χ2n) is 5.49. The molecule has 5 heteroatoms. The van der Waals surface area contributed by atoms with E-state index in [1.807, 2.05) is 95.9 Å². The standard InChI is InChI=1S/C21H16N4S/c1-4-10-17(11-5-1)25(18-12-6-2-7-13-18)20-22-16-23-21(24-20)26-19-14-8-3-9-15-19/h1-16H. The monoisotopic (exact) mass is 356 g/mol. The molecule has 0 aliphatic heterocycles. The highest BCUT2D eigenvalue weighted by Gasteiger charge is 2.15. The topological polar surface area (TPSA) is 41.9 Å². The molecule has 0 aliphatic carbocycles. The lowest BCUT2D eigenvalue weighted by Gasteiger charge is -2.22. The minimum Gasteiger partial charge on any atom is -0.279 e. The quantitative estimate of drug-likeness (QED) is 0.473. The third kappa shape index (κ3) is 3.73. The molecule has 0 N–H and O–H groups in total. The van der Waals surface area contributed by atoms with Gasteiger partial charge in [0.1, 0.15) is 6.33 Å². The Morgan fingerprint density at radius 3 is 1.73 bits per heavy atom. The van der Waals surface area contributed by atoms with E-state index in [0.29, 0.717) is 11.1 Å². The van der Waals surface area contributed by atoms with E-state index in [4.69, 9.17) is 0 Å². The van der Waals surface area contributed by atoms with Gasteiger partial charge in [0, 0.05) is 16.3 Å². The number of benzene rings is 3. The molecular formula is C21H16N4S. The molecule has 0 aliphatic rings. The van der Waals surface area contributed by atoms with Crippen molar-refractivity contribution in [2.75, 3.05) is 4.90 Å². The molecule has 0 atom stereocenters. The van der Waals surface area contributed by atoms with Gasteiger partial charge in [0.25, 0.3) is 0 Å². The molecule has 1 heterocycles. The Kier molecular flexibility index (Phi) is 4.89. The zero-order valence-corrected chi connectivity index (χ0v) is 14.8. The molecule has 0 fully saturated rings. The first-order chi connectivity index (χ1) is 12.9. The highest BCUT2D eigenvalue weighted by Crippen LogP contribution is 2.32. The van der Waals surface area contributed by atoms with Crippen LogP contribution in [-0.2, 0) is 0 Å². The number of rotatable bonds is 5. The molecule has 0 amide bonds. The predicted octanol–water partition coefficient (Wildman–Crippen LogP) is 5.49. The first-order valence-corrected chi connectivity index (χ1v) is 9.04. The van der Waals surface area contributed by atoms with Gasteiger partial charge in [-0.15, -0.1) is 0 Å². The Bertz CT molecular complexity index is 923. The molecule has 4 aromatic rings. The summed E-state index contributed by atoms with van der Waals surface area (Å²) in [6.07, 6.45) is 1.56. The lowest BCUT2D eigenvalue weighted by atomic mass is 10.2. The Morgan fingerprint density at radius 1 is 0.615 bits per heavy atom. The van der Waals surface area contributed by atoms with E-state index in [1.54, 1.807) is 6.33 Å². The maximum atomic E-state index is 4.69. The molecular weight excluding hydrogens is 340 g/mol. The highest BCUT2D eigenvalue weighted by molar-refractivity contribution is 7.99. The van der Waals surface area contributed by atoms with Crippen molar-refractivity contribution in [3.8, 4) is 0 Å². The molecule has 0 spiro atoms. The van der Waals surface area contributed by atoms with Gasteiger partial charge in [-0.3, -0.25) is 4.90 Å². The van der Waals surface area contributed by atoms with Gasteiger partial charge in [0.2, 0.25) is 5.95 Å². The number of para-hydroxylation sites is 2. The van der Waals surface area contributed by atoms with Crippen LogP contribution in [0.15, 0.2) is 107 Å². The van der Waals surface area contributed by atoms with Gasteiger partial charge in [-0.1, -0.05) is 54.6 Å². The van der Waals surface area contributed by atoms with E-state index in [-0.39, 0.29) is 0 Å². The average Bonchev–Trinajstić information content (AvgIpc) is 2.71. The maximum Gasteiger partial charge on any atom is 0.238 e. The molecule has 0 saturated heterocycles. The lowest BCUT2D eigenvalue weighted by Crippen LogP contribution is -2.13. The molecule has 0 saturated carbocycles. The Morgan fingerprint density at radius 2 is 1.15 bits per heavy atom. The van der Waals surface area contributed by atoms with Crippen LogP contribution >= 0.6 is 11.8 Å². The molecule has 26 heavy (non-hydrogen) atoms. The molecule has 4 rings (SSSR count). The molecule has 3 aromatic carbocycles. The lowest BCUT2D eigenvalue weighted by molar-refractivity contribution is 0.889. The first kappa shape index (κ1) is 16.3. The fourth-order valence-electron chi connectivity index (χ4n) is 2.56. The number of hydrogen-bond donors (Lipinski definition) is 0. The number of hydrogen-bond acceptors (Lipinski definition) is 5. The van der Waals surface area contributed by atoms with E-state index in [0.717, 1.165) is 16.3 Å². The summed E-state index contributed by atoms with van der Waals surface area (Å²) in [5.74, 6) is 0.593. The fraction of sp³-hybridized carbons (Fsp3) is 0. The summed E-state index contributed by atoms with van der Waals surface area (Å²) in [5.41, 5.74) is 2.00. The van der Waals surface area contributed by atoms with Gasteiger partial charge in [0.05, 0.1) is 0 Å². The van der Waals surface area contributed by atoms with Crippen LogP contribution in [0.3, 0.4) is 0 Å². The summed E-state index contributed by atoms with van der Waals surface area (Å²) in [6, 6.07) is 30.3. The second-order valence-corrected chi connectivity index (χ2v) is 6.53. The van der Waals surface area contributed by atoms with Crippen molar-refractivity contribution >= 4 is 29.1 Å². The number of anilines is 3. The van der Waals surface area contributed by atoms with Crippen molar-refractivity contribution in [3.05, 3.63) is 97.3 Å². The Hall–Kier alpha value is -3.18. The predicted molar refractivity (Wildman–Crippen MR) is 105 cm³/mol.